The van der Waals surface area contributed by atoms with Crippen LogP contribution < -0.4 is 19.5 Å². The number of carbonyl (C=O) groups is 2. The van der Waals surface area contributed by atoms with Gasteiger partial charge in [-0.2, -0.15) is 0 Å². The van der Waals surface area contributed by atoms with Gasteiger partial charge in [0.1, 0.15) is 11.8 Å². The Kier molecular flexibility index (Phi) is 7.88. The Balaban J connectivity index is 1.58. The molecule has 0 aliphatic carbocycles. The standard InChI is InChI=1S/C28H30N2O5/c1-29-28(32)24(16-20-7-4-3-5-8-20)30(18-22-9-6-10-23(15-22)33-2)27(31)14-12-21-11-13-25-26(17-21)35-19-34-25/h3-11,13,15,17,24H,12,14,16,18-19H2,1-2H3,(H,29,32)/t24-/m1/s1. The summed E-state index contributed by atoms with van der Waals surface area (Å²) in [5.74, 6) is 1.80. The summed E-state index contributed by atoms with van der Waals surface area (Å²) in [5.41, 5.74) is 2.85. The van der Waals surface area contributed by atoms with Gasteiger partial charge in [0.25, 0.3) is 0 Å². The molecule has 1 aliphatic rings. The molecule has 0 fully saturated rings. The molecule has 1 aliphatic heterocycles. The fourth-order valence-electron chi connectivity index (χ4n) is 4.18. The molecular formula is C28H30N2O5. The van der Waals surface area contributed by atoms with Crippen molar-refractivity contribution >= 4 is 11.8 Å². The van der Waals surface area contributed by atoms with E-state index in [0.29, 0.717) is 36.6 Å². The molecule has 0 spiro atoms. The highest BCUT2D eigenvalue weighted by atomic mass is 16.7. The number of likely N-dealkylation sites (N-methyl/N-ethyl adjacent to an activating group) is 1. The van der Waals surface area contributed by atoms with Crippen molar-refractivity contribution in [3.8, 4) is 17.2 Å². The van der Waals surface area contributed by atoms with Crippen LogP contribution in [0.1, 0.15) is 23.1 Å². The monoisotopic (exact) mass is 474 g/mol. The highest BCUT2D eigenvalue weighted by Gasteiger charge is 2.29. The first kappa shape index (κ1) is 24.1. The molecule has 7 heteroatoms. The second kappa shape index (κ2) is 11.4. The van der Waals surface area contributed by atoms with Crippen LogP contribution >= 0.6 is 0 Å². The van der Waals surface area contributed by atoms with E-state index in [1.165, 1.54) is 0 Å². The highest BCUT2D eigenvalue weighted by molar-refractivity contribution is 5.88. The lowest BCUT2D eigenvalue weighted by molar-refractivity contribution is -0.141. The third-order valence-corrected chi connectivity index (χ3v) is 6.07. The fraction of sp³-hybridized carbons (Fsp3) is 0.286. The number of aryl methyl sites for hydroxylation is 1. The fourth-order valence-corrected chi connectivity index (χ4v) is 4.18. The van der Waals surface area contributed by atoms with Gasteiger partial charge in [0.2, 0.25) is 18.6 Å². The van der Waals surface area contributed by atoms with Gasteiger partial charge in [0.05, 0.1) is 7.11 Å². The molecule has 0 bridgehead atoms. The van der Waals surface area contributed by atoms with Crippen molar-refractivity contribution in [2.24, 2.45) is 0 Å². The number of benzene rings is 3. The van der Waals surface area contributed by atoms with Gasteiger partial charge in [-0.1, -0.05) is 48.5 Å². The van der Waals surface area contributed by atoms with Crippen LogP contribution in [0.5, 0.6) is 17.2 Å². The first-order valence-corrected chi connectivity index (χ1v) is 11.6. The van der Waals surface area contributed by atoms with E-state index in [2.05, 4.69) is 5.32 Å². The van der Waals surface area contributed by atoms with Crippen LogP contribution in [-0.2, 0) is 29.0 Å². The smallest absolute Gasteiger partial charge is 0.242 e. The number of hydrogen-bond donors (Lipinski definition) is 1. The van der Waals surface area contributed by atoms with Gasteiger partial charge < -0.3 is 24.4 Å². The maximum absolute atomic E-state index is 13.6. The van der Waals surface area contributed by atoms with Gasteiger partial charge in [-0.25, -0.2) is 0 Å². The first-order valence-electron chi connectivity index (χ1n) is 11.6. The lowest BCUT2D eigenvalue weighted by Gasteiger charge is -2.31. The lowest BCUT2D eigenvalue weighted by Crippen LogP contribution is -2.49. The second-order valence-electron chi connectivity index (χ2n) is 8.38. The molecule has 1 N–H and O–H groups in total. The minimum absolute atomic E-state index is 0.102. The number of hydrogen-bond acceptors (Lipinski definition) is 5. The molecule has 182 valence electrons. The molecule has 0 saturated heterocycles. The van der Waals surface area contributed by atoms with Gasteiger partial charge in [-0.15, -0.1) is 0 Å². The topological polar surface area (TPSA) is 77.1 Å². The van der Waals surface area contributed by atoms with Crippen LogP contribution in [0.4, 0.5) is 0 Å². The molecule has 35 heavy (non-hydrogen) atoms. The van der Waals surface area contributed by atoms with Gasteiger partial charge in [-0.3, -0.25) is 9.59 Å². The summed E-state index contributed by atoms with van der Waals surface area (Å²) in [4.78, 5) is 28.3. The average Bonchev–Trinajstić information content (AvgIpc) is 3.37. The van der Waals surface area contributed by atoms with E-state index < -0.39 is 6.04 Å². The van der Waals surface area contributed by atoms with E-state index in [-0.39, 0.29) is 25.0 Å². The summed E-state index contributed by atoms with van der Waals surface area (Å²) in [6, 6.07) is 22.4. The quantitative estimate of drug-likeness (QED) is 0.484. The van der Waals surface area contributed by atoms with Gasteiger partial charge in [-0.05, 0) is 47.4 Å². The largest absolute Gasteiger partial charge is 0.497 e. The van der Waals surface area contributed by atoms with E-state index >= 15 is 0 Å². The molecule has 0 radical (unpaired) electrons. The normalized spacial score (nSPS) is 12.6. The maximum Gasteiger partial charge on any atom is 0.242 e. The van der Waals surface area contributed by atoms with Gasteiger partial charge in [0.15, 0.2) is 11.5 Å². The van der Waals surface area contributed by atoms with Crippen LogP contribution in [0.15, 0.2) is 72.8 Å². The molecule has 2 amide bonds. The average molecular weight is 475 g/mol. The lowest BCUT2D eigenvalue weighted by atomic mass is 10.0. The summed E-state index contributed by atoms with van der Waals surface area (Å²) in [6.45, 7) is 0.501. The zero-order valence-electron chi connectivity index (χ0n) is 20.0. The van der Waals surface area contributed by atoms with Crippen molar-refractivity contribution in [1.29, 1.82) is 0 Å². The SMILES string of the molecule is CNC(=O)[C@@H](Cc1ccccc1)N(Cc1cccc(OC)c1)C(=O)CCc1ccc2c(c1)OCO2. The van der Waals surface area contributed by atoms with Crippen LogP contribution in [-0.4, -0.2) is 43.7 Å². The molecule has 7 nitrogen and oxygen atoms in total. The maximum atomic E-state index is 13.6. The zero-order valence-corrected chi connectivity index (χ0v) is 20.0. The van der Waals surface area contributed by atoms with Crippen LogP contribution in [0.2, 0.25) is 0 Å². The molecule has 0 aromatic heterocycles. The number of carbonyl (C=O) groups excluding carboxylic acids is 2. The van der Waals surface area contributed by atoms with Crippen LogP contribution in [0.25, 0.3) is 0 Å². The van der Waals surface area contributed by atoms with E-state index in [1.807, 2.05) is 72.8 Å². The Morgan fingerprint density at radius 1 is 0.943 bits per heavy atom. The Morgan fingerprint density at radius 3 is 2.49 bits per heavy atom. The minimum Gasteiger partial charge on any atom is -0.497 e. The number of rotatable bonds is 10. The Hall–Kier alpha value is -4.00. The van der Waals surface area contributed by atoms with E-state index in [0.717, 1.165) is 16.7 Å². The zero-order chi connectivity index (χ0) is 24.6. The Morgan fingerprint density at radius 2 is 1.71 bits per heavy atom. The second-order valence-corrected chi connectivity index (χ2v) is 8.38. The molecule has 1 atom stereocenters. The summed E-state index contributed by atoms with van der Waals surface area (Å²) < 4.78 is 16.2. The molecule has 1 heterocycles. The van der Waals surface area contributed by atoms with E-state index in [9.17, 15) is 9.59 Å². The van der Waals surface area contributed by atoms with Crippen molar-refractivity contribution in [2.75, 3.05) is 21.0 Å². The Bertz CT molecular complexity index is 1170. The van der Waals surface area contributed by atoms with Gasteiger partial charge in [0, 0.05) is 26.4 Å². The molecule has 4 rings (SSSR count). The third-order valence-electron chi connectivity index (χ3n) is 6.07. The number of fused-ring (bicyclic) bond motifs is 1. The number of ether oxygens (including phenoxy) is 3. The predicted octanol–water partition coefficient (Wildman–Crippen LogP) is 3.74. The summed E-state index contributed by atoms with van der Waals surface area (Å²) >= 11 is 0. The van der Waals surface area contributed by atoms with Crippen molar-refractivity contribution in [3.05, 3.63) is 89.5 Å². The molecule has 3 aromatic carbocycles. The number of nitrogens with zero attached hydrogens (tertiary/aromatic N) is 1. The summed E-state index contributed by atoms with van der Waals surface area (Å²) in [6.07, 6.45) is 1.20. The number of methoxy groups -OCH3 is 1. The predicted molar refractivity (Wildman–Crippen MR) is 132 cm³/mol. The Labute approximate surface area is 205 Å². The summed E-state index contributed by atoms with van der Waals surface area (Å²) in [7, 11) is 3.21. The minimum atomic E-state index is -0.655. The van der Waals surface area contributed by atoms with E-state index in [4.69, 9.17) is 14.2 Å². The van der Waals surface area contributed by atoms with Gasteiger partial charge >= 0.3 is 0 Å². The molecular weight excluding hydrogens is 444 g/mol. The number of nitrogens with one attached hydrogen (secondary N) is 1. The summed E-state index contributed by atoms with van der Waals surface area (Å²) in [5, 5.41) is 2.74. The van der Waals surface area contributed by atoms with E-state index in [1.54, 1.807) is 19.1 Å². The van der Waals surface area contributed by atoms with Crippen molar-refractivity contribution < 1.29 is 23.8 Å². The number of amides is 2. The third kappa shape index (κ3) is 6.12. The highest BCUT2D eigenvalue weighted by Crippen LogP contribution is 2.33. The molecule has 0 unspecified atom stereocenters. The van der Waals surface area contributed by atoms with Crippen molar-refractivity contribution in [3.63, 3.8) is 0 Å². The van der Waals surface area contributed by atoms with Crippen LogP contribution in [0, 0.1) is 0 Å². The van der Waals surface area contributed by atoms with Crippen molar-refractivity contribution in [1.82, 2.24) is 10.2 Å². The molecule has 0 saturated carbocycles. The first-order chi connectivity index (χ1) is 17.1. The van der Waals surface area contributed by atoms with Crippen molar-refractivity contribution in [2.45, 2.75) is 31.8 Å². The molecule has 3 aromatic rings. The van der Waals surface area contributed by atoms with Crippen LogP contribution in [0.3, 0.4) is 0 Å².